The van der Waals surface area contributed by atoms with E-state index in [0.29, 0.717) is 42.7 Å². The number of aromatic nitrogens is 4. The van der Waals surface area contributed by atoms with Gasteiger partial charge in [0.1, 0.15) is 17.5 Å². The molecule has 1 aliphatic heterocycles. The molecule has 0 unspecified atom stereocenters. The van der Waals surface area contributed by atoms with Crippen molar-refractivity contribution >= 4 is 17.5 Å². The lowest BCUT2D eigenvalue weighted by atomic mass is 9.72. The highest BCUT2D eigenvalue weighted by molar-refractivity contribution is 5.78. The van der Waals surface area contributed by atoms with Crippen LogP contribution in [0.3, 0.4) is 0 Å². The summed E-state index contributed by atoms with van der Waals surface area (Å²) in [7, 11) is 3.09. The van der Waals surface area contributed by atoms with Gasteiger partial charge in [-0.25, -0.2) is 23.1 Å². The Labute approximate surface area is 260 Å². The van der Waals surface area contributed by atoms with Gasteiger partial charge in [-0.3, -0.25) is 9.78 Å². The van der Waals surface area contributed by atoms with Crippen LogP contribution in [0.4, 0.5) is 13.6 Å². The number of amides is 2. The third-order valence-corrected chi connectivity index (χ3v) is 9.23. The number of methoxy groups -OCH3 is 1. The molecule has 4 atom stereocenters. The molecule has 2 fully saturated rings. The number of carbonyl (C=O) groups is 2. The third-order valence-electron chi connectivity index (χ3n) is 9.23. The molecule has 4 aromatic rings. The molecule has 4 heterocycles. The van der Waals surface area contributed by atoms with Gasteiger partial charge < -0.3 is 20.3 Å². The van der Waals surface area contributed by atoms with Crippen LogP contribution in [-0.2, 0) is 22.5 Å². The molecule has 3 aromatic heterocycles. The first kappa shape index (κ1) is 30.6. The number of benzene rings is 1. The quantitative estimate of drug-likeness (QED) is 0.320. The van der Waals surface area contributed by atoms with E-state index >= 15 is 8.78 Å². The molecule has 0 bridgehead atoms. The molecule has 236 valence electrons. The standard InChI is InChI=1S/C33H37F2N7O3/c1-19-11-21(14-27(36)32(19)40(2)33(44)45-3)24-8-9-37-16-22(24)15-29-38-17-23-6-7-28(39-42(23)29)31-25(34)12-20(13-26(31)35)18-41-10-4-5-30(41)43/h6-9,12-13,16-17,19,21,27,32H,4-5,10-11,14-15,18,36H2,1-3H3/t19-,21+,27+,32-/m0/s1. The van der Waals surface area contributed by atoms with Gasteiger partial charge in [-0.2, -0.15) is 5.10 Å². The Hall–Kier alpha value is -4.45. The van der Waals surface area contributed by atoms with E-state index < -0.39 is 17.7 Å². The van der Waals surface area contributed by atoms with E-state index in [1.165, 1.54) is 19.2 Å². The number of imidazole rings is 1. The van der Waals surface area contributed by atoms with Gasteiger partial charge in [-0.05, 0) is 78.1 Å². The Morgan fingerprint density at radius 1 is 1.16 bits per heavy atom. The molecule has 1 saturated heterocycles. The Balaban J connectivity index is 1.26. The maximum atomic E-state index is 15.3. The predicted octanol–water partition coefficient (Wildman–Crippen LogP) is 4.69. The third kappa shape index (κ3) is 5.98. The molecule has 0 spiro atoms. The number of ether oxygens (including phenoxy) is 1. The molecule has 0 radical (unpaired) electrons. The Morgan fingerprint density at radius 3 is 2.62 bits per heavy atom. The first-order valence-electron chi connectivity index (χ1n) is 15.2. The highest BCUT2D eigenvalue weighted by Gasteiger charge is 2.39. The van der Waals surface area contributed by atoms with Crippen molar-refractivity contribution in [3.63, 3.8) is 0 Å². The lowest BCUT2D eigenvalue weighted by Gasteiger charge is -2.43. The number of likely N-dealkylation sites (N-methyl/N-ethyl adjacent to an activating group) is 1. The van der Waals surface area contributed by atoms with E-state index in [-0.39, 0.29) is 47.6 Å². The number of halogens is 2. The van der Waals surface area contributed by atoms with Gasteiger partial charge in [-0.15, -0.1) is 0 Å². The van der Waals surface area contributed by atoms with Crippen molar-refractivity contribution in [1.29, 1.82) is 0 Å². The van der Waals surface area contributed by atoms with Crippen molar-refractivity contribution < 1.29 is 23.1 Å². The van der Waals surface area contributed by atoms with Crippen molar-refractivity contribution in [2.24, 2.45) is 11.7 Å². The minimum atomic E-state index is -0.737. The molecule has 2 N–H and O–H groups in total. The van der Waals surface area contributed by atoms with Gasteiger partial charge in [0, 0.05) is 51.4 Å². The average molecular weight is 618 g/mol. The minimum absolute atomic E-state index is 0.00683. The summed E-state index contributed by atoms with van der Waals surface area (Å²) in [6, 6.07) is 7.47. The van der Waals surface area contributed by atoms with Crippen molar-refractivity contribution in [1.82, 2.24) is 29.4 Å². The van der Waals surface area contributed by atoms with Crippen LogP contribution in [0.25, 0.3) is 16.8 Å². The van der Waals surface area contributed by atoms with Crippen molar-refractivity contribution in [2.75, 3.05) is 20.7 Å². The number of rotatable bonds is 7. The molecular formula is C33H37F2N7O3. The molecule has 2 amide bonds. The number of fused-ring (bicyclic) bond motifs is 1. The number of nitrogens with two attached hydrogens (primary N) is 1. The topological polar surface area (TPSA) is 119 Å². The van der Waals surface area contributed by atoms with E-state index in [2.05, 4.69) is 22.0 Å². The average Bonchev–Trinajstić information content (AvgIpc) is 3.61. The summed E-state index contributed by atoms with van der Waals surface area (Å²) >= 11 is 0. The molecule has 2 aliphatic rings. The van der Waals surface area contributed by atoms with Crippen LogP contribution >= 0.6 is 0 Å². The summed E-state index contributed by atoms with van der Waals surface area (Å²) in [6.07, 6.45) is 7.95. The number of hydrogen-bond donors (Lipinski definition) is 1. The van der Waals surface area contributed by atoms with Crippen molar-refractivity contribution in [3.05, 3.63) is 83.1 Å². The molecule has 1 aromatic carbocycles. The Kier molecular flexibility index (Phi) is 8.50. The van der Waals surface area contributed by atoms with Crippen LogP contribution in [0, 0.1) is 17.6 Å². The van der Waals surface area contributed by atoms with Gasteiger partial charge in [0.05, 0.1) is 36.1 Å². The number of pyridine rings is 1. The summed E-state index contributed by atoms with van der Waals surface area (Å²) in [5.74, 6) is -0.609. The van der Waals surface area contributed by atoms with Gasteiger partial charge >= 0.3 is 6.09 Å². The number of carbonyl (C=O) groups excluding carboxylic acids is 2. The second-order valence-electron chi connectivity index (χ2n) is 12.2. The van der Waals surface area contributed by atoms with Crippen LogP contribution in [-0.4, -0.2) is 74.2 Å². The van der Waals surface area contributed by atoms with E-state index in [4.69, 9.17) is 10.5 Å². The minimum Gasteiger partial charge on any atom is -0.453 e. The van der Waals surface area contributed by atoms with E-state index in [0.717, 1.165) is 24.0 Å². The lowest BCUT2D eigenvalue weighted by Crippen LogP contribution is -2.55. The Morgan fingerprint density at radius 2 is 1.93 bits per heavy atom. The second kappa shape index (κ2) is 12.5. The maximum Gasteiger partial charge on any atom is 0.409 e. The van der Waals surface area contributed by atoms with Gasteiger partial charge in [0.2, 0.25) is 5.91 Å². The van der Waals surface area contributed by atoms with Gasteiger partial charge in [-0.1, -0.05) is 6.92 Å². The SMILES string of the molecule is COC(=O)N(C)[C@@H]1[C@H](N)C[C@H](c2ccncc2Cc2ncc3ccc(-c4c(F)cc(CN5CCCC5=O)cc4F)nn23)C[C@@H]1C. The summed E-state index contributed by atoms with van der Waals surface area (Å²) in [5, 5.41) is 4.61. The molecule has 6 rings (SSSR count). The second-order valence-corrected chi connectivity index (χ2v) is 12.2. The first-order valence-corrected chi connectivity index (χ1v) is 15.2. The summed E-state index contributed by atoms with van der Waals surface area (Å²) < 4.78 is 37.2. The molecular weight excluding hydrogens is 580 g/mol. The first-order chi connectivity index (χ1) is 21.6. The van der Waals surface area contributed by atoms with Crippen LogP contribution in [0.1, 0.15) is 61.0 Å². The smallest absolute Gasteiger partial charge is 0.409 e. The van der Waals surface area contributed by atoms with E-state index in [9.17, 15) is 9.59 Å². The van der Waals surface area contributed by atoms with E-state index in [1.807, 2.05) is 12.3 Å². The summed E-state index contributed by atoms with van der Waals surface area (Å²) in [6.45, 7) is 2.86. The van der Waals surface area contributed by atoms with Gasteiger partial charge in [0.15, 0.2) is 0 Å². The molecule has 10 nitrogen and oxygen atoms in total. The zero-order valence-corrected chi connectivity index (χ0v) is 25.6. The molecule has 1 aliphatic carbocycles. The van der Waals surface area contributed by atoms with Gasteiger partial charge in [0.25, 0.3) is 0 Å². The number of nitrogens with zero attached hydrogens (tertiary/aromatic N) is 6. The summed E-state index contributed by atoms with van der Waals surface area (Å²) in [5.41, 5.74) is 9.69. The maximum absolute atomic E-state index is 15.3. The monoisotopic (exact) mass is 617 g/mol. The lowest BCUT2D eigenvalue weighted by molar-refractivity contribution is -0.128. The fourth-order valence-electron chi connectivity index (χ4n) is 7.16. The fourth-order valence-corrected chi connectivity index (χ4v) is 7.16. The predicted molar refractivity (Wildman–Crippen MR) is 163 cm³/mol. The largest absolute Gasteiger partial charge is 0.453 e. The highest BCUT2D eigenvalue weighted by atomic mass is 19.1. The molecule has 45 heavy (non-hydrogen) atoms. The zero-order chi connectivity index (χ0) is 31.8. The molecule has 12 heteroatoms. The fraction of sp³-hybridized carbons (Fsp3) is 0.424. The highest BCUT2D eigenvalue weighted by Crippen LogP contribution is 2.39. The van der Waals surface area contributed by atoms with Crippen molar-refractivity contribution in [2.45, 2.75) is 63.6 Å². The van der Waals surface area contributed by atoms with Crippen LogP contribution < -0.4 is 5.73 Å². The number of hydrogen-bond acceptors (Lipinski definition) is 7. The van der Waals surface area contributed by atoms with Crippen LogP contribution in [0.15, 0.2) is 48.9 Å². The number of likely N-dealkylation sites (tertiary alicyclic amines) is 1. The van der Waals surface area contributed by atoms with Crippen molar-refractivity contribution in [3.8, 4) is 11.3 Å². The normalized spacial score (nSPS) is 21.8. The summed E-state index contributed by atoms with van der Waals surface area (Å²) in [4.78, 5) is 36.4. The van der Waals surface area contributed by atoms with E-state index in [1.54, 1.807) is 45.9 Å². The Bertz CT molecular complexity index is 1710. The van der Waals surface area contributed by atoms with Crippen LogP contribution in [0.2, 0.25) is 0 Å². The molecule has 1 saturated carbocycles. The zero-order valence-electron chi connectivity index (χ0n) is 25.6. The van der Waals surface area contributed by atoms with Crippen LogP contribution in [0.5, 0.6) is 0 Å².